The Morgan fingerprint density at radius 2 is 1.47 bits per heavy atom. The predicted molar refractivity (Wildman–Crippen MR) is 138 cm³/mol. The Balaban J connectivity index is 1.12. The summed E-state index contributed by atoms with van der Waals surface area (Å²) in [7, 11) is 0. The number of hydrazine groups is 1. The van der Waals surface area contributed by atoms with Crippen molar-refractivity contribution < 1.29 is 4.74 Å². The van der Waals surface area contributed by atoms with E-state index in [-0.39, 0.29) is 6.10 Å². The molecule has 2 aromatic rings. The molecule has 5 rings (SSSR count). The van der Waals surface area contributed by atoms with Crippen LogP contribution in [0.15, 0.2) is 72.7 Å². The summed E-state index contributed by atoms with van der Waals surface area (Å²) in [6.45, 7) is 4.95. The first kappa shape index (κ1) is 23.8. The standard InChI is InChI=1S/C29H32N6O/c30-20-23-3-5-25(6-4-23)22-33-16-11-26(12-17-33)35-29(2-1-15-32-35)34-18-13-28(14-19-34)36-27-9-7-24(21-31)8-10-27/h1-10,15,26,28,32H,11-14,16-19,22H2. The molecule has 36 heavy (non-hydrogen) atoms. The number of allylic oxidation sites excluding steroid dienone is 2. The summed E-state index contributed by atoms with van der Waals surface area (Å²) >= 11 is 0. The van der Waals surface area contributed by atoms with E-state index in [4.69, 9.17) is 15.3 Å². The number of ether oxygens (including phenoxy) is 1. The quantitative estimate of drug-likeness (QED) is 0.667. The first-order valence-electron chi connectivity index (χ1n) is 12.8. The number of benzene rings is 2. The molecule has 3 heterocycles. The van der Waals surface area contributed by atoms with Crippen molar-refractivity contribution in [1.29, 1.82) is 10.5 Å². The van der Waals surface area contributed by atoms with E-state index in [1.807, 2.05) is 42.6 Å². The van der Waals surface area contributed by atoms with Gasteiger partial charge in [-0.15, -0.1) is 0 Å². The van der Waals surface area contributed by atoms with Gasteiger partial charge in [0.05, 0.1) is 29.3 Å². The molecule has 3 aliphatic heterocycles. The van der Waals surface area contributed by atoms with Gasteiger partial charge in [-0.3, -0.25) is 9.91 Å². The molecule has 0 unspecified atom stereocenters. The average Bonchev–Trinajstić information content (AvgIpc) is 2.95. The van der Waals surface area contributed by atoms with Crippen molar-refractivity contribution in [2.75, 3.05) is 26.2 Å². The second-order valence-electron chi connectivity index (χ2n) is 9.64. The van der Waals surface area contributed by atoms with Crippen LogP contribution < -0.4 is 10.2 Å². The van der Waals surface area contributed by atoms with Crippen molar-refractivity contribution in [3.8, 4) is 17.9 Å². The van der Waals surface area contributed by atoms with Gasteiger partial charge in [-0.1, -0.05) is 12.1 Å². The summed E-state index contributed by atoms with van der Waals surface area (Å²) in [5.41, 5.74) is 6.14. The Bertz CT molecular complexity index is 1160. The van der Waals surface area contributed by atoms with Gasteiger partial charge in [0.2, 0.25) is 0 Å². The van der Waals surface area contributed by atoms with Crippen LogP contribution >= 0.6 is 0 Å². The molecule has 0 spiro atoms. The molecule has 3 aliphatic rings. The van der Waals surface area contributed by atoms with Gasteiger partial charge in [-0.05, 0) is 67.0 Å². The third-order valence-electron chi connectivity index (χ3n) is 7.27. The van der Waals surface area contributed by atoms with Gasteiger partial charge in [0.25, 0.3) is 0 Å². The molecule has 0 radical (unpaired) electrons. The van der Waals surface area contributed by atoms with Crippen LogP contribution in [-0.4, -0.2) is 53.1 Å². The molecule has 0 saturated carbocycles. The Labute approximate surface area is 213 Å². The summed E-state index contributed by atoms with van der Waals surface area (Å²) in [5, 5.41) is 20.4. The van der Waals surface area contributed by atoms with E-state index in [0.29, 0.717) is 17.2 Å². The molecular weight excluding hydrogens is 448 g/mol. The summed E-state index contributed by atoms with van der Waals surface area (Å²) in [6, 6.07) is 20.1. The van der Waals surface area contributed by atoms with Crippen LogP contribution in [0.4, 0.5) is 0 Å². The minimum Gasteiger partial charge on any atom is -0.490 e. The Kier molecular flexibility index (Phi) is 7.40. The number of piperidine rings is 2. The van der Waals surface area contributed by atoms with E-state index < -0.39 is 0 Å². The third-order valence-corrected chi connectivity index (χ3v) is 7.27. The second kappa shape index (κ2) is 11.2. The Hall–Kier alpha value is -3.94. The van der Waals surface area contributed by atoms with E-state index in [2.05, 4.69) is 56.7 Å². The average molecular weight is 481 g/mol. The highest BCUT2D eigenvalue weighted by Gasteiger charge is 2.31. The summed E-state index contributed by atoms with van der Waals surface area (Å²) in [6.07, 6.45) is 10.7. The lowest BCUT2D eigenvalue weighted by molar-refractivity contribution is 0.0490. The predicted octanol–water partition coefficient (Wildman–Crippen LogP) is 4.11. The van der Waals surface area contributed by atoms with Crippen molar-refractivity contribution in [3.63, 3.8) is 0 Å². The molecule has 0 atom stereocenters. The minimum atomic E-state index is 0.195. The SMILES string of the molecule is N#Cc1ccc(CN2CCC(N3NC=CC=C3N3CCC(Oc4ccc(C#N)cc4)CC3)CC2)cc1. The largest absolute Gasteiger partial charge is 0.490 e. The number of nitrogens with one attached hydrogen (secondary N) is 1. The molecule has 184 valence electrons. The van der Waals surface area contributed by atoms with Crippen LogP contribution in [0.25, 0.3) is 0 Å². The van der Waals surface area contributed by atoms with Crippen LogP contribution in [0.5, 0.6) is 5.75 Å². The van der Waals surface area contributed by atoms with Gasteiger partial charge in [0.1, 0.15) is 17.7 Å². The van der Waals surface area contributed by atoms with Crippen molar-refractivity contribution >= 4 is 0 Å². The van der Waals surface area contributed by atoms with Gasteiger partial charge >= 0.3 is 0 Å². The molecule has 0 aromatic heterocycles. The highest BCUT2D eigenvalue weighted by molar-refractivity contribution is 5.34. The lowest BCUT2D eigenvalue weighted by Crippen LogP contribution is -2.53. The lowest BCUT2D eigenvalue weighted by Gasteiger charge is -2.45. The van der Waals surface area contributed by atoms with Gasteiger partial charge in [-0.25, -0.2) is 0 Å². The molecule has 1 N–H and O–H groups in total. The normalized spacial score (nSPS) is 19.2. The minimum absolute atomic E-state index is 0.195. The highest BCUT2D eigenvalue weighted by Crippen LogP contribution is 2.27. The number of nitriles is 2. The van der Waals surface area contributed by atoms with Crippen molar-refractivity contribution in [3.05, 3.63) is 89.4 Å². The fourth-order valence-corrected chi connectivity index (χ4v) is 5.24. The molecule has 7 heteroatoms. The fourth-order valence-electron chi connectivity index (χ4n) is 5.24. The summed E-state index contributed by atoms with van der Waals surface area (Å²) in [5.74, 6) is 2.09. The molecule has 0 bridgehead atoms. The number of likely N-dealkylation sites (tertiary alicyclic amines) is 2. The second-order valence-corrected chi connectivity index (χ2v) is 9.64. The lowest BCUT2D eigenvalue weighted by atomic mass is 10.0. The number of rotatable bonds is 6. The highest BCUT2D eigenvalue weighted by atomic mass is 16.5. The zero-order valence-electron chi connectivity index (χ0n) is 20.5. The Morgan fingerprint density at radius 3 is 2.11 bits per heavy atom. The molecule has 2 fully saturated rings. The summed E-state index contributed by atoms with van der Waals surface area (Å²) in [4.78, 5) is 4.98. The monoisotopic (exact) mass is 480 g/mol. The van der Waals surface area contributed by atoms with E-state index in [9.17, 15) is 0 Å². The molecule has 2 saturated heterocycles. The Morgan fingerprint density at radius 1 is 0.833 bits per heavy atom. The first-order chi connectivity index (χ1) is 17.7. The zero-order valence-corrected chi connectivity index (χ0v) is 20.5. The number of hydrogen-bond acceptors (Lipinski definition) is 7. The zero-order chi connectivity index (χ0) is 24.7. The van der Waals surface area contributed by atoms with Gasteiger partial charge in [0.15, 0.2) is 0 Å². The fraction of sp³-hybridized carbons (Fsp3) is 0.379. The first-order valence-corrected chi connectivity index (χ1v) is 12.8. The number of hydrogen-bond donors (Lipinski definition) is 1. The summed E-state index contributed by atoms with van der Waals surface area (Å²) < 4.78 is 6.19. The molecule has 0 amide bonds. The van der Waals surface area contributed by atoms with Gasteiger partial charge in [-0.2, -0.15) is 10.5 Å². The maximum Gasteiger partial charge on any atom is 0.123 e. The van der Waals surface area contributed by atoms with Crippen LogP contribution in [0, 0.1) is 22.7 Å². The van der Waals surface area contributed by atoms with E-state index in [1.54, 1.807) is 0 Å². The molecule has 7 nitrogen and oxygen atoms in total. The number of nitrogens with zero attached hydrogens (tertiary/aromatic N) is 5. The van der Waals surface area contributed by atoms with Crippen LogP contribution in [0.3, 0.4) is 0 Å². The van der Waals surface area contributed by atoms with Gasteiger partial charge in [0, 0.05) is 51.8 Å². The van der Waals surface area contributed by atoms with Crippen LogP contribution in [0.2, 0.25) is 0 Å². The topological polar surface area (TPSA) is 78.6 Å². The van der Waals surface area contributed by atoms with Crippen molar-refractivity contribution in [2.45, 2.75) is 44.4 Å². The van der Waals surface area contributed by atoms with Crippen molar-refractivity contribution in [1.82, 2.24) is 20.2 Å². The van der Waals surface area contributed by atoms with Crippen LogP contribution in [-0.2, 0) is 6.54 Å². The molecular formula is C29H32N6O. The maximum absolute atomic E-state index is 9.01. The molecule has 0 aliphatic carbocycles. The van der Waals surface area contributed by atoms with E-state index in [1.165, 1.54) is 11.4 Å². The smallest absolute Gasteiger partial charge is 0.123 e. The third kappa shape index (κ3) is 5.64. The van der Waals surface area contributed by atoms with Gasteiger partial charge < -0.3 is 15.1 Å². The van der Waals surface area contributed by atoms with E-state index in [0.717, 1.165) is 64.2 Å². The molecule has 2 aromatic carbocycles. The van der Waals surface area contributed by atoms with Crippen LogP contribution in [0.1, 0.15) is 42.4 Å². The van der Waals surface area contributed by atoms with E-state index >= 15 is 0 Å². The maximum atomic E-state index is 9.01. The van der Waals surface area contributed by atoms with Crippen molar-refractivity contribution in [2.24, 2.45) is 0 Å².